The van der Waals surface area contributed by atoms with Crippen molar-refractivity contribution in [3.63, 3.8) is 0 Å². The van der Waals surface area contributed by atoms with Crippen LogP contribution in [-0.4, -0.2) is 36.6 Å². The fourth-order valence-electron chi connectivity index (χ4n) is 5.71. The summed E-state index contributed by atoms with van der Waals surface area (Å²) < 4.78 is 6.43. The minimum atomic E-state index is -1.01. The van der Waals surface area contributed by atoms with E-state index in [0.717, 1.165) is 36.9 Å². The molecule has 2 saturated heterocycles. The molecule has 188 valence electrons. The molecular formula is C28H31N3O5. The summed E-state index contributed by atoms with van der Waals surface area (Å²) in [5.41, 5.74) is 2.67. The van der Waals surface area contributed by atoms with Crippen molar-refractivity contribution >= 4 is 34.4 Å². The Labute approximate surface area is 209 Å². The molecule has 0 radical (unpaired) electrons. The van der Waals surface area contributed by atoms with Gasteiger partial charge >= 0.3 is 5.97 Å². The van der Waals surface area contributed by atoms with E-state index in [1.807, 2.05) is 26.0 Å². The first-order chi connectivity index (χ1) is 17.2. The standard InChI is InChI=1S/C28H31N3O5/c1-17-12-20(18(2)30-22-7-4-3-6-19(22)27(34)35)26-21(13-17)23(32)14-25(36-26)31-11-5-8-28(16-31)9-10-29-24(33)15-28/h3-4,6-7,12-14,18,30H,5,8-11,15-16H2,1-2H3,(H,29,33)(H,34,35)/t18-,28+/m1/s1. The molecule has 1 aromatic heterocycles. The highest BCUT2D eigenvalue weighted by Gasteiger charge is 2.40. The van der Waals surface area contributed by atoms with Crippen LogP contribution in [0.5, 0.6) is 0 Å². The van der Waals surface area contributed by atoms with E-state index < -0.39 is 5.97 Å². The molecule has 3 N–H and O–H groups in total. The predicted molar refractivity (Wildman–Crippen MR) is 139 cm³/mol. The summed E-state index contributed by atoms with van der Waals surface area (Å²) in [6, 6.07) is 11.8. The topological polar surface area (TPSA) is 112 Å². The molecule has 2 fully saturated rings. The van der Waals surface area contributed by atoms with Crippen LogP contribution >= 0.6 is 0 Å². The Hall–Kier alpha value is -3.81. The number of aromatic carboxylic acids is 1. The molecule has 0 saturated carbocycles. The number of anilines is 2. The van der Waals surface area contributed by atoms with E-state index >= 15 is 0 Å². The fraction of sp³-hybridized carbons (Fsp3) is 0.393. The van der Waals surface area contributed by atoms with Crippen LogP contribution in [0, 0.1) is 12.3 Å². The first-order valence-corrected chi connectivity index (χ1v) is 12.4. The second-order valence-electron chi connectivity index (χ2n) is 10.2. The maximum Gasteiger partial charge on any atom is 0.337 e. The van der Waals surface area contributed by atoms with Gasteiger partial charge in [0.1, 0.15) is 5.58 Å². The number of amides is 1. The quantitative estimate of drug-likeness (QED) is 0.485. The van der Waals surface area contributed by atoms with E-state index in [-0.39, 0.29) is 28.4 Å². The van der Waals surface area contributed by atoms with Gasteiger partial charge in [-0.3, -0.25) is 9.59 Å². The molecular weight excluding hydrogens is 458 g/mol. The molecule has 1 spiro atoms. The molecule has 3 heterocycles. The Balaban J connectivity index is 1.53. The second-order valence-corrected chi connectivity index (χ2v) is 10.2. The minimum Gasteiger partial charge on any atom is -0.478 e. The number of carboxylic acids is 1. The average molecular weight is 490 g/mol. The third kappa shape index (κ3) is 4.55. The zero-order chi connectivity index (χ0) is 25.4. The van der Waals surface area contributed by atoms with Gasteiger partial charge in [0.15, 0.2) is 11.3 Å². The molecule has 5 rings (SSSR count). The molecule has 3 aromatic rings. The molecule has 0 bridgehead atoms. The van der Waals surface area contributed by atoms with Crippen LogP contribution in [0.25, 0.3) is 11.0 Å². The Morgan fingerprint density at radius 3 is 2.78 bits per heavy atom. The summed E-state index contributed by atoms with van der Waals surface area (Å²) in [7, 11) is 0. The number of hydrogen-bond donors (Lipinski definition) is 3. The number of aryl methyl sites for hydroxylation is 1. The zero-order valence-electron chi connectivity index (χ0n) is 20.6. The van der Waals surface area contributed by atoms with Crippen molar-refractivity contribution in [3.8, 4) is 0 Å². The van der Waals surface area contributed by atoms with E-state index in [0.29, 0.717) is 42.1 Å². The number of rotatable bonds is 5. The fourth-order valence-corrected chi connectivity index (χ4v) is 5.71. The summed E-state index contributed by atoms with van der Waals surface area (Å²) in [6.45, 7) is 5.97. The summed E-state index contributed by atoms with van der Waals surface area (Å²) in [5, 5.41) is 16.3. The normalized spacial score (nSPS) is 20.8. The second kappa shape index (κ2) is 9.33. The molecule has 2 aliphatic rings. The molecule has 2 aromatic carbocycles. The van der Waals surface area contributed by atoms with Crippen LogP contribution in [0.4, 0.5) is 11.6 Å². The first-order valence-electron chi connectivity index (χ1n) is 12.4. The maximum atomic E-state index is 13.2. The summed E-state index contributed by atoms with van der Waals surface area (Å²) in [4.78, 5) is 39.2. The van der Waals surface area contributed by atoms with E-state index in [1.165, 1.54) is 0 Å². The lowest BCUT2D eigenvalue weighted by Crippen LogP contribution is -2.50. The number of carboxylic acid groups (broad SMARTS) is 1. The number of piperidine rings is 2. The summed E-state index contributed by atoms with van der Waals surface area (Å²) in [5.74, 6) is -0.410. The van der Waals surface area contributed by atoms with Crippen LogP contribution < -0.4 is 21.0 Å². The monoisotopic (exact) mass is 489 g/mol. The lowest BCUT2D eigenvalue weighted by atomic mass is 9.72. The van der Waals surface area contributed by atoms with Crippen molar-refractivity contribution < 1.29 is 19.1 Å². The van der Waals surface area contributed by atoms with Crippen molar-refractivity contribution in [1.82, 2.24) is 5.32 Å². The molecule has 8 nitrogen and oxygen atoms in total. The number of carbonyl (C=O) groups is 2. The van der Waals surface area contributed by atoms with Gasteiger partial charge in [0, 0.05) is 43.4 Å². The van der Waals surface area contributed by atoms with Crippen molar-refractivity contribution in [2.75, 3.05) is 29.9 Å². The Bertz CT molecular complexity index is 1390. The van der Waals surface area contributed by atoms with Gasteiger partial charge in [-0.15, -0.1) is 0 Å². The third-order valence-electron chi connectivity index (χ3n) is 7.47. The van der Waals surface area contributed by atoms with Crippen LogP contribution in [0.15, 0.2) is 51.7 Å². The number of carbonyl (C=O) groups excluding carboxylic acids is 1. The average Bonchev–Trinajstić information content (AvgIpc) is 2.84. The van der Waals surface area contributed by atoms with Gasteiger partial charge in [0.25, 0.3) is 0 Å². The minimum absolute atomic E-state index is 0.0855. The SMILES string of the molecule is Cc1cc([C@@H](C)Nc2ccccc2C(=O)O)c2oc(N3CCC[C@@]4(CCNC(=O)C4)C3)cc(=O)c2c1. The molecule has 36 heavy (non-hydrogen) atoms. The molecule has 2 atom stereocenters. The van der Waals surface area contributed by atoms with Crippen molar-refractivity contribution in [2.45, 2.75) is 45.6 Å². The largest absolute Gasteiger partial charge is 0.478 e. The van der Waals surface area contributed by atoms with Crippen molar-refractivity contribution in [1.29, 1.82) is 0 Å². The Morgan fingerprint density at radius 2 is 2.00 bits per heavy atom. The van der Waals surface area contributed by atoms with Crippen molar-refractivity contribution in [2.24, 2.45) is 5.41 Å². The van der Waals surface area contributed by atoms with Gasteiger partial charge in [-0.25, -0.2) is 4.79 Å². The summed E-state index contributed by atoms with van der Waals surface area (Å²) >= 11 is 0. The lowest BCUT2D eigenvalue weighted by molar-refractivity contribution is -0.126. The highest BCUT2D eigenvalue weighted by Crippen LogP contribution is 2.40. The van der Waals surface area contributed by atoms with Gasteiger partial charge < -0.3 is 25.1 Å². The smallest absolute Gasteiger partial charge is 0.337 e. The number of nitrogens with zero attached hydrogens (tertiary/aromatic N) is 1. The molecule has 0 aliphatic carbocycles. The highest BCUT2D eigenvalue weighted by atomic mass is 16.4. The lowest BCUT2D eigenvalue weighted by Gasteiger charge is -2.44. The summed E-state index contributed by atoms with van der Waals surface area (Å²) in [6.07, 6.45) is 3.33. The highest BCUT2D eigenvalue weighted by molar-refractivity contribution is 5.94. The predicted octanol–water partition coefficient (Wildman–Crippen LogP) is 4.47. The number of fused-ring (bicyclic) bond motifs is 1. The van der Waals surface area contributed by atoms with Gasteiger partial charge in [0.2, 0.25) is 5.91 Å². The van der Waals surface area contributed by atoms with Crippen LogP contribution in [-0.2, 0) is 4.79 Å². The molecule has 1 amide bonds. The van der Waals surface area contributed by atoms with Gasteiger partial charge in [-0.1, -0.05) is 18.2 Å². The number of benzene rings is 2. The third-order valence-corrected chi connectivity index (χ3v) is 7.47. The number of nitrogens with one attached hydrogen (secondary N) is 2. The van der Waals surface area contributed by atoms with Crippen LogP contribution in [0.3, 0.4) is 0 Å². The van der Waals surface area contributed by atoms with Crippen molar-refractivity contribution in [3.05, 3.63) is 69.4 Å². The molecule has 0 unspecified atom stereocenters. The van der Waals surface area contributed by atoms with E-state index in [4.69, 9.17) is 4.42 Å². The van der Waals surface area contributed by atoms with Crippen LogP contribution in [0.2, 0.25) is 0 Å². The van der Waals surface area contributed by atoms with Crippen LogP contribution in [0.1, 0.15) is 60.1 Å². The zero-order valence-corrected chi connectivity index (χ0v) is 20.6. The van der Waals surface area contributed by atoms with Gasteiger partial charge in [-0.2, -0.15) is 0 Å². The first kappa shape index (κ1) is 23.9. The Morgan fingerprint density at radius 1 is 1.19 bits per heavy atom. The van der Waals surface area contributed by atoms with E-state index in [1.54, 1.807) is 30.3 Å². The molecule has 2 aliphatic heterocycles. The molecule has 8 heteroatoms. The number of para-hydroxylation sites is 1. The Kier molecular flexibility index (Phi) is 6.20. The van der Waals surface area contributed by atoms with Gasteiger partial charge in [0.05, 0.1) is 17.0 Å². The van der Waals surface area contributed by atoms with E-state index in [9.17, 15) is 19.5 Å². The maximum absolute atomic E-state index is 13.2. The van der Waals surface area contributed by atoms with E-state index in [2.05, 4.69) is 15.5 Å². The van der Waals surface area contributed by atoms with Gasteiger partial charge in [-0.05, 0) is 62.3 Å². The number of hydrogen-bond acceptors (Lipinski definition) is 6.